The number of hydrogen-bond donors (Lipinski definition) is 2. The van der Waals surface area contributed by atoms with Gasteiger partial charge in [0.25, 0.3) is 0 Å². The van der Waals surface area contributed by atoms with Crippen molar-refractivity contribution in [3.05, 3.63) is 33.8 Å². The van der Waals surface area contributed by atoms with E-state index in [2.05, 4.69) is 0 Å². The largest absolute Gasteiger partial charge is 0.481 e. The zero-order valence-corrected chi connectivity index (χ0v) is 11.9. The highest BCUT2D eigenvalue weighted by molar-refractivity contribution is 6.42. The molecule has 3 nitrogen and oxygen atoms in total. The molecule has 3 unspecified atom stereocenters. The van der Waals surface area contributed by atoms with Crippen LogP contribution in [0.25, 0.3) is 0 Å². The summed E-state index contributed by atoms with van der Waals surface area (Å²) in [5.74, 6) is -1.58. The molecule has 0 heterocycles. The van der Waals surface area contributed by atoms with Gasteiger partial charge in [0, 0.05) is 5.92 Å². The highest BCUT2D eigenvalue weighted by atomic mass is 35.5. The first-order chi connectivity index (χ1) is 9.00. The van der Waals surface area contributed by atoms with Gasteiger partial charge in [-0.2, -0.15) is 0 Å². The van der Waals surface area contributed by atoms with Crippen molar-refractivity contribution in [3.63, 3.8) is 0 Å². The van der Waals surface area contributed by atoms with Gasteiger partial charge in [0.1, 0.15) is 0 Å². The van der Waals surface area contributed by atoms with Crippen LogP contribution < -0.4 is 0 Å². The molecule has 1 aliphatic carbocycles. The topological polar surface area (TPSA) is 57.5 Å². The molecule has 5 heteroatoms. The Bertz CT molecular complexity index is 476. The molecular formula is C14H16Cl2O3. The molecule has 1 aromatic carbocycles. The molecule has 0 aromatic heterocycles. The quantitative estimate of drug-likeness (QED) is 0.890. The van der Waals surface area contributed by atoms with Gasteiger partial charge >= 0.3 is 5.97 Å². The van der Waals surface area contributed by atoms with Crippen LogP contribution in [-0.2, 0) is 4.79 Å². The minimum Gasteiger partial charge on any atom is -0.481 e. The molecular weight excluding hydrogens is 287 g/mol. The van der Waals surface area contributed by atoms with E-state index in [0.717, 1.165) is 19.3 Å². The number of rotatable bonds is 3. The van der Waals surface area contributed by atoms with Gasteiger partial charge in [-0.15, -0.1) is 0 Å². The lowest BCUT2D eigenvalue weighted by atomic mass is 9.74. The van der Waals surface area contributed by atoms with Crippen molar-refractivity contribution >= 4 is 29.2 Å². The van der Waals surface area contributed by atoms with Crippen LogP contribution in [0.4, 0.5) is 0 Å². The van der Waals surface area contributed by atoms with Crippen LogP contribution in [0.5, 0.6) is 0 Å². The van der Waals surface area contributed by atoms with Crippen LogP contribution in [0.1, 0.15) is 37.4 Å². The van der Waals surface area contributed by atoms with E-state index < -0.39 is 18.0 Å². The van der Waals surface area contributed by atoms with Gasteiger partial charge in [0.05, 0.1) is 22.1 Å². The molecule has 0 amide bonds. The van der Waals surface area contributed by atoms with E-state index in [9.17, 15) is 15.0 Å². The average molecular weight is 303 g/mol. The maximum absolute atomic E-state index is 11.3. The van der Waals surface area contributed by atoms with E-state index in [4.69, 9.17) is 23.2 Å². The molecule has 1 aliphatic rings. The molecule has 0 saturated heterocycles. The lowest BCUT2D eigenvalue weighted by molar-refractivity contribution is -0.147. The van der Waals surface area contributed by atoms with Crippen molar-refractivity contribution in [3.8, 4) is 0 Å². The van der Waals surface area contributed by atoms with E-state index in [1.165, 1.54) is 0 Å². The molecule has 1 aromatic rings. The van der Waals surface area contributed by atoms with Gasteiger partial charge in [0.2, 0.25) is 0 Å². The Kier molecular flexibility index (Phi) is 4.71. The molecule has 1 saturated carbocycles. The fraction of sp³-hybridized carbons (Fsp3) is 0.500. The Balaban J connectivity index is 2.23. The fourth-order valence-electron chi connectivity index (χ4n) is 2.79. The number of hydrogen-bond acceptors (Lipinski definition) is 2. The van der Waals surface area contributed by atoms with Crippen molar-refractivity contribution in [1.29, 1.82) is 0 Å². The summed E-state index contributed by atoms with van der Waals surface area (Å²) >= 11 is 11.8. The number of benzene rings is 1. The van der Waals surface area contributed by atoms with E-state index in [1.807, 2.05) is 0 Å². The van der Waals surface area contributed by atoms with E-state index in [1.54, 1.807) is 18.2 Å². The third-order valence-electron chi connectivity index (χ3n) is 3.83. The Morgan fingerprint density at radius 1 is 1.21 bits per heavy atom. The van der Waals surface area contributed by atoms with Gasteiger partial charge in [-0.1, -0.05) is 42.1 Å². The predicted molar refractivity (Wildman–Crippen MR) is 74.5 cm³/mol. The van der Waals surface area contributed by atoms with E-state index in [-0.39, 0.29) is 5.92 Å². The highest BCUT2D eigenvalue weighted by Crippen LogP contribution is 2.39. The lowest BCUT2D eigenvalue weighted by Gasteiger charge is -2.32. The molecule has 1 fully saturated rings. The summed E-state index contributed by atoms with van der Waals surface area (Å²) < 4.78 is 0. The third-order valence-corrected chi connectivity index (χ3v) is 4.57. The average Bonchev–Trinajstić information content (AvgIpc) is 2.41. The summed E-state index contributed by atoms with van der Waals surface area (Å²) in [6.45, 7) is 0. The summed E-state index contributed by atoms with van der Waals surface area (Å²) in [6, 6.07) is 4.94. The van der Waals surface area contributed by atoms with Gasteiger partial charge in [-0.25, -0.2) is 0 Å². The molecule has 2 rings (SSSR count). The Hall–Kier alpha value is -0.770. The SMILES string of the molecule is O=C(O)C1CCCCC1C(O)c1ccc(Cl)c(Cl)c1. The number of carboxylic acid groups (broad SMARTS) is 1. The number of carbonyl (C=O) groups is 1. The summed E-state index contributed by atoms with van der Waals surface area (Å²) in [4.78, 5) is 11.3. The molecule has 0 bridgehead atoms. The summed E-state index contributed by atoms with van der Waals surface area (Å²) in [5, 5.41) is 20.5. The van der Waals surface area contributed by atoms with Crippen molar-refractivity contribution < 1.29 is 15.0 Å². The second kappa shape index (κ2) is 6.12. The number of aliphatic hydroxyl groups excluding tert-OH is 1. The van der Waals surface area contributed by atoms with Crippen LogP contribution >= 0.6 is 23.2 Å². The van der Waals surface area contributed by atoms with Crippen LogP contribution in [0.15, 0.2) is 18.2 Å². The normalized spacial score (nSPS) is 25.0. The maximum atomic E-state index is 11.3. The van der Waals surface area contributed by atoms with Gasteiger partial charge in [-0.05, 0) is 30.5 Å². The van der Waals surface area contributed by atoms with Crippen LogP contribution in [0, 0.1) is 11.8 Å². The van der Waals surface area contributed by atoms with E-state index >= 15 is 0 Å². The number of aliphatic hydroxyl groups is 1. The third kappa shape index (κ3) is 3.22. The number of halogens is 2. The molecule has 3 atom stereocenters. The second-order valence-electron chi connectivity index (χ2n) is 5.01. The smallest absolute Gasteiger partial charge is 0.306 e. The first kappa shape index (κ1) is 14.6. The van der Waals surface area contributed by atoms with Gasteiger partial charge < -0.3 is 10.2 Å². The zero-order chi connectivity index (χ0) is 14.0. The van der Waals surface area contributed by atoms with Crippen molar-refractivity contribution in [2.75, 3.05) is 0 Å². The summed E-state index contributed by atoms with van der Waals surface area (Å²) in [5.41, 5.74) is 0.632. The Morgan fingerprint density at radius 3 is 2.53 bits per heavy atom. The number of aliphatic carboxylic acids is 1. The summed E-state index contributed by atoms with van der Waals surface area (Å²) in [7, 11) is 0. The monoisotopic (exact) mass is 302 g/mol. The molecule has 2 N–H and O–H groups in total. The van der Waals surface area contributed by atoms with Crippen molar-refractivity contribution in [1.82, 2.24) is 0 Å². The second-order valence-corrected chi connectivity index (χ2v) is 5.83. The fourth-order valence-corrected chi connectivity index (χ4v) is 3.09. The molecule has 104 valence electrons. The Morgan fingerprint density at radius 2 is 1.89 bits per heavy atom. The van der Waals surface area contributed by atoms with E-state index in [0.29, 0.717) is 22.0 Å². The molecule has 19 heavy (non-hydrogen) atoms. The first-order valence-corrected chi connectivity index (χ1v) is 7.12. The van der Waals surface area contributed by atoms with Gasteiger partial charge in [0.15, 0.2) is 0 Å². The first-order valence-electron chi connectivity index (χ1n) is 6.36. The predicted octanol–water partition coefficient (Wildman–Crippen LogP) is 3.92. The van der Waals surface area contributed by atoms with Crippen LogP contribution in [0.3, 0.4) is 0 Å². The summed E-state index contributed by atoms with van der Waals surface area (Å²) in [6.07, 6.45) is 2.39. The highest BCUT2D eigenvalue weighted by Gasteiger charge is 2.36. The van der Waals surface area contributed by atoms with Crippen LogP contribution in [0.2, 0.25) is 10.0 Å². The lowest BCUT2D eigenvalue weighted by Crippen LogP contribution is -2.31. The standard InChI is InChI=1S/C14H16Cl2O3/c15-11-6-5-8(7-12(11)16)13(17)9-3-1-2-4-10(9)14(18)19/h5-7,9-10,13,17H,1-4H2,(H,18,19). The molecule has 0 spiro atoms. The molecule has 0 radical (unpaired) electrons. The Labute approximate surface area is 122 Å². The van der Waals surface area contributed by atoms with Gasteiger partial charge in [-0.3, -0.25) is 4.79 Å². The van der Waals surface area contributed by atoms with Crippen LogP contribution in [-0.4, -0.2) is 16.2 Å². The maximum Gasteiger partial charge on any atom is 0.306 e. The number of carboxylic acids is 1. The minimum atomic E-state index is -0.830. The van der Waals surface area contributed by atoms with Crippen molar-refractivity contribution in [2.45, 2.75) is 31.8 Å². The molecule has 0 aliphatic heterocycles. The minimum absolute atomic E-state index is 0.261. The van der Waals surface area contributed by atoms with Crippen molar-refractivity contribution in [2.24, 2.45) is 11.8 Å². The zero-order valence-electron chi connectivity index (χ0n) is 10.4.